The third kappa shape index (κ3) is 4.33. The molecule has 136 valence electrons. The average molecular weight is 409 g/mol. The molecule has 1 fully saturated rings. The molecule has 1 aromatic carbocycles. The molecule has 0 saturated carbocycles. The lowest BCUT2D eigenvalue weighted by Crippen LogP contribution is -2.49. The van der Waals surface area contributed by atoms with E-state index in [0.29, 0.717) is 13.1 Å². The second-order valence-electron chi connectivity index (χ2n) is 7.46. The molecule has 1 aliphatic heterocycles. The second-order valence-corrected chi connectivity index (χ2v) is 8.38. The number of carbonyl (C=O) groups excluding carboxylic acids is 1. The van der Waals surface area contributed by atoms with E-state index in [9.17, 15) is 4.79 Å². The summed E-state index contributed by atoms with van der Waals surface area (Å²) in [4.78, 5) is 21.0. The Hall–Kier alpha value is -1.60. The Morgan fingerprint density at radius 1 is 1.24 bits per heavy atom. The number of fused-ring (bicyclic) bond motifs is 1. The molecule has 0 bridgehead atoms. The Morgan fingerprint density at radius 2 is 1.92 bits per heavy atom. The van der Waals surface area contributed by atoms with E-state index >= 15 is 0 Å². The van der Waals surface area contributed by atoms with Gasteiger partial charge in [-0.2, -0.15) is 0 Å². The van der Waals surface area contributed by atoms with Crippen molar-refractivity contribution in [2.45, 2.75) is 32.9 Å². The first-order valence-electron chi connectivity index (χ1n) is 8.54. The van der Waals surface area contributed by atoms with Crippen LogP contribution in [0.25, 0.3) is 11.0 Å². The number of imidazole rings is 1. The van der Waals surface area contributed by atoms with Gasteiger partial charge in [-0.15, -0.1) is 0 Å². The van der Waals surface area contributed by atoms with Gasteiger partial charge in [0.1, 0.15) is 11.4 Å². The number of aryl methyl sites for hydroxylation is 1. The molecule has 2 aromatic rings. The normalized spacial score (nSPS) is 16.4. The van der Waals surface area contributed by atoms with Crippen molar-refractivity contribution in [1.82, 2.24) is 19.4 Å². The summed E-state index contributed by atoms with van der Waals surface area (Å²) in [5.74, 6) is 1.04. The van der Waals surface area contributed by atoms with Crippen LogP contribution in [0.2, 0.25) is 0 Å². The van der Waals surface area contributed by atoms with E-state index in [4.69, 9.17) is 9.72 Å². The summed E-state index contributed by atoms with van der Waals surface area (Å²) in [6, 6.07) is 6.13. The first kappa shape index (κ1) is 18.2. The zero-order valence-corrected chi connectivity index (χ0v) is 16.8. The van der Waals surface area contributed by atoms with E-state index < -0.39 is 5.60 Å². The fourth-order valence-electron chi connectivity index (χ4n) is 2.97. The van der Waals surface area contributed by atoms with Gasteiger partial charge >= 0.3 is 6.09 Å². The lowest BCUT2D eigenvalue weighted by Gasteiger charge is -2.35. The molecule has 2 heterocycles. The van der Waals surface area contributed by atoms with Crippen LogP contribution < -0.4 is 0 Å². The van der Waals surface area contributed by atoms with Crippen molar-refractivity contribution in [1.29, 1.82) is 0 Å². The molecule has 0 unspecified atom stereocenters. The smallest absolute Gasteiger partial charge is 0.410 e. The van der Waals surface area contributed by atoms with Gasteiger partial charge in [-0.3, -0.25) is 4.90 Å². The van der Waals surface area contributed by atoms with E-state index in [-0.39, 0.29) is 6.09 Å². The molecular weight excluding hydrogens is 384 g/mol. The van der Waals surface area contributed by atoms with Crippen LogP contribution in [0, 0.1) is 0 Å². The standard InChI is InChI=1S/C18H25BrN4O2/c1-18(2,3)25-17(24)23-9-7-22(8-10-23)12-16-20-14-6-5-13(19)11-15(14)21(16)4/h5-6,11H,7-10,12H2,1-4H3. The maximum Gasteiger partial charge on any atom is 0.410 e. The highest BCUT2D eigenvalue weighted by Crippen LogP contribution is 2.21. The van der Waals surface area contributed by atoms with Crippen LogP contribution >= 0.6 is 15.9 Å². The van der Waals surface area contributed by atoms with Crippen molar-refractivity contribution in [3.8, 4) is 0 Å². The molecule has 0 N–H and O–H groups in total. The molecule has 0 atom stereocenters. The molecule has 3 rings (SSSR count). The van der Waals surface area contributed by atoms with Gasteiger partial charge in [0.25, 0.3) is 0 Å². The van der Waals surface area contributed by atoms with Crippen molar-refractivity contribution in [3.63, 3.8) is 0 Å². The number of amides is 1. The predicted molar refractivity (Wildman–Crippen MR) is 101 cm³/mol. The summed E-state index contributed by atoms with van der Waals surface area (Å²) in [6.07, 6.45) is -0.222. The molecule has 0 radical (unpaired) electrons. The largest absolute Gasteiger partial charge is 0.444 e. The molecule has 1 aromatic heterocycles. The number of ether oxygens (including phenoxy) is 1. The van der Waals surface area contributed by atoms with Gasteiger partial charge in [0, 0.05) is 37.7 Å². The molecule has 0 aliphatic carbocycles. The molecule has 6 nitrogen and oxygen atoms in total. The summed E-state index contributed by atoms with van der Waals surface area (Å²) in [5, 5.41) is 0. The van der Waals surface area contributed by atoms with Crippen LogP contribution in [0.4, 0.5) is 4.79 Å². The van der Waals surface area contributed by atoms with Gasteiger partial charge in [-0.25, -0.2) is 9.78 Å². The van der Waals surface area contributed by atoms with Gasteiger partial charge in [-0.05, 0) is 39.0 Å². The van der Waals surface area contributed by atoms with Crippen molar-refractivity contribution < 1.29 is 9.53 Å². The van der Waals surface area contributed by atoms with Gasteiger partial charge in [-0.1, -0.05) is 15.9 Å². The van der Waals surface area contributed by atoms with E-state index in [1.54, 1.807) is 4.90 Å². The Kier molecular flexibility index (Phi) is 5.06. The number of rotatable bonds is 2. The van der Waals surface area contributed by atoms with Crippen molar-refractivity contribution in [3.05, 3.63) is 28.5 Å². The third-order valence-electron chi connectivity index (χ3n) is 4.32. The summed E-state index contributed by atoms with van der Waals surface area (Å²) in [7, 11) is 2.05. The molecular formula is C18H25BrN4O2. The molecule has 0 spiro atoms. The fourth-order valence-corrected chi connectivity index (χ4v) is 3.32. The lowest BCUT2D eigenvalue weighted by molar-refractivity contribution is 0.0136. The number of hydrogen-bond acceptors (Lipinski definition) is 4. The summed E-state index contributed by atoms with van der Waals surface area (Å²) < 4.78 is 8.64. The van der Waals surface area contributed by atoms with Gasteiger partial charge in [0.2, 0.25) is 0 Å². The van der Waals surface area contributed by atoms with E-state index in [1.807, 2.05) is 40.0 Å². The monoisotopic (exact) mass is 408 g/mol. The number of benzene rings is 1. The van der Waals surface area contributed by atoms with E-state index in [1.165, 1.54) is 0 Å². The number of nitrogens with zero attached hydrogens (tertiary/aromatic N) is 4. The molecule has 25 heavy (non-hydrogen) atoms. The third-order valence-corrected chi connectivity index (χ3v) is 4.82. The number of piperazine rings is 1. The predicted octanol–water partition coefficient (Wildman–Crippen LogP) is 3.39. The fraction of sp³-hybridized carbons (Fsp3) is 0.556. The SMILES string of the molecule is Cn1c(CN2CCN(C(=O)OC(C)(C)C)CC2)nc2ccc(Br)cc21. The minimum atomic E-state index is -0.449. The van der Waals surface area contributed by atoms with Crippen LogP contribution in [-0.2, 0) is 18.3 Å². The van der Waals surface area contributed by atoms with Gasteiger partial charge < -0.3 is 14.2 Å². The summed E-state index contributed by atoms with van der Waals surface area (Å²) >= 11 is 3.51. The second kappa shape index (κ2) is 6.96. The topological polar surface area (TPSA) is 50.6 Å². The lowest BCUT2D eigenvalue weighted by atomic mass is 10.2. The molecule has 7 heteroatoms. The minimum Gasteiger partial charge on any atom is -0.444 e. The Balaban J connectivity index is 1.61. The first-order chi connectivity index (χ1) is 11.7. The minimum absolute atomic E-state index is 0.222. The number of carbonyl (C=O) groups is 1. The molecule has 1 aliphatic rings. The number of halogens is 1. The maximum atomic E-state index is 12.1. The molecule has 1 amide bonds. The Bertz CT molecular complexity index is 773. The van der Waals surface area contributed by atoms with Crippen molar-refractivity contribution in [2.75, 3.05) is 26.2 Å². The highest BCUT2D eigenvalue weighted by Gasteiger charge is 2.26. The molecule has 1 saturated heterocycles. The van der Waals surface area contributed by atoms with Crippen LogP contribution in [0.5, 0.6) is 0 Å². The van der Waals surface area contributed by atoms with Crippen LogP contribution in [0.1, 0.15) is 26.6 Å². The summed E-state index contributed by atoms with van der Waals surface area (Å²) in [6.45, 7) is 9.49. The quantitative estimate of drug-likeness (QED) is 0.763. The maximum absolute atomic E-state index is 12.1. The zero-order valence-electron chi connectivity index (χ0n) is 15.3. The van der Waals surface area contributed by atoms with E-state index in [0.717, 1.165) is 41.0 Å². The summed E-state index contributed by atoms with van der Waals surface area (Å²) in [5.41, 5.74) is 1.68. The average Bonchev–Trinajstić information content (AvgIpc) is 2.82. The number of hydrogen-bond donors (Lipinski definition) is 0. The first-order valence-corrected chi connectivity index (χ1v) is 9.33. The highest BCUT2D eigenvalue weighted by molar-refractivity contribution is 9.10. The zero-order chi connectivity index (χ0) is 18.2. The number of aromatic nitrogens is 2. The van der Waals surface area contributed by atoms with E-state index in [2.05, 4.69) is 31.5 Å². The van der Waals surface area contributed by atoms with Gasteiger partial charge in [0.05, 0.1) is 17.6 Å². The van der Waals surface area contributed by atoms with Crippen molar-refractivity contribution >= 4 is 33.1 Å². The Labute approximate surface area is 156 Å². The highest BCUT2D eigenvalue weighted by atomic mass is 79.9. The Morgan fingerprint density at radius 3 is 2.56 bits per heavy atom. The van der Waals surface area contributed by atoms with Gasteiger partial charge in [0.15, 0.2) is 0 Å². The van der Waals surface area contributed by atoms with Crippen molar-refractivity contribution in [2.24, 2.45) is 7.05 Å². The van der Waals surface area contributed by atoms with Crippen LogP contribution in [-0.4, -0.2) is 57.2 Å². The van der Waals surface area contributed by atoms with Crippen LogP contribution in [0.3, 0.4) is 0 Å². The van der Waals surface area contributed by atoms with Crippen LogP contribution in [0.15, 0.2) is 22.7 Å².